The van der Waals surface area contributed by atoms with Crippen molar-refractivity contribution in [1.82, 2.24) is 5.32 Å². The lowest BCUT2D eigenvalue weighted by Gasteiger charge is -2.01. The molecule has 1 aromatic rings. The smallest absolute Gasteiger partial charge is 0.407 e. The summed E-state index contributed by atoms with van der Waals surface area (Å²) in [6.07, 6.45) is 0.739. The lowest BCUT2D eigenvalue weighted by molar-refractivity contribution is 0.177. The molecular formula is C9H11NO2S. The van der Waals surface area contributed by atoms with Crippen LogP contribution in [0.5, 0.6) is 0 Å². The largest absolute Gasteiger partial charge is 0.447 e. The molecule has 1 fully saturated rings. The van der Waals surface area contributed by atoms with Gasteiger partial charge in [0.1, 0.15) is 12.6 Å². The molecule has 3 nitrogen and oxygen atoms in total. The summed E-state index contributed by atoms with van der Waals surface area (Å²) in [6, 6.07) is 4.23. The number of rotatable bonds is 2. The van der Waals surface area contributed by atoms with Gasteiger partial charge in [0.2, 0.25) is 0 Å². The van der Waals surface area contributed by atoms with E-state index in [1.54, 1.807) is 11.3 Å². The minimum Gasteiger partial charge on any atom is -0.447 e. The molecule has 2 rings (SSSR count). The molecule has 0 spiro atoms. The first kappa shape index (κ1) is 8.56. The fraction of sp³-hybridized carbons (Fsp3) is 0.444. The van der Waals surface area contributed by atoms with E-state index in [1.165, 1.54) is 9.75 Å². The van der Waals surface area contributed by atoms with Crippen molar-refractivity contribution in [2.45, 2.75) is 19.4 Å². The molecule has 13 heavy (non-hydrogen) atoms. The normalized spacial score (nSPS) is 21.3. The molecule has 0 unspecified atom stereocenters. The maximum atomic E-state index is 10.8. The predicted molar refractivity (Wildman–Crippen MR) is 50.9 cm³/mol. The first-order valence-electron chi connectivity index (χ1n) is 4.31. The lowest BCUT2D eigenvalue weighted by Crippen LogP contribution is -2.17. The van der Waals surface area contributed by atoms with Crippen molar-refractivity contribution in [3.05, 3.63) is 21.9 Å². The van der Waals surface area contributed by atoms with Crippen LogP contribution in [0.1, 0.15) is 22.7 Å². The number of aryl methyl sites for hydroxylation is 1. The first-order valence-corrected chi connectivity index (χ1v) is 5.13. The van der Waals surface area contributed by atoms with Gasteiger partial charge in [-0.3, -0.25) is 0 Å². The van der Waals surface area contributed by atoms with E-state index in [1.807, 2.05) is 0 Å². The van der Waals surface area contributed by atoms with Crippen LogP contribution in [0.3, 0.4) is 0 Å². The van der Waals surface area contributed by atoms with Crippen LogP contribution in [-0.2, 0) is 11.2 Å². The van der Waals surface area contributed by atoms with Crippen LogP contribution in [0.2, 0.25) is 0 Å². The maximum Gasteiger partial charge on any atom is 0.407 e. The molecule has 70 valence electrons. The summed E-state index contributed by atoms with van der Waals surface area (Å²) in [6.45, 7) is 2.59. The zero-order valence-electron chi connectivity index (χ0n) is 7.37. The molecule has 0 aromatic carbocycles. The molecule has 1 saturated heterocycles. The zero-order valence-corrected chi connectivity index (χ0v) is 8.19. The number of carbonyl (C=O) groups excluding carboxylic acids is 1. The summed E-state index contributed by atoms with van der Waals surface area (Å²) in [5, 5.41) is 2.76. The molecule has 2 heterocycles. The van der Waals surface area contributed by atoms with Crippen molar-refractivity contribution < 1.29 is 9.53 Å². The number of amides is 1. The Morgan fingerprint density at radius 3 is 3.08 bits per heavy atom. The van der Waals surface area contributed by atoms with Crippen molar-refractivity contribution in [3.63, 3.8) is 0 Å². The van der Waals surface area contributed by atoms with E-state index < -0.39 is 0 Å². The summed E-state index contributed by atoms with van der Waals surface area (Å²) >= 11 is 1.74. The van der Waals surface area contributed by atoms with E-state index in [2.05, 4.69) is 24.4 Å². The molecular weight excluding hydrogens is 186 g/mol. The second kappa shape index (κ2) is 3.38. The van der Waals surface area contributed by atoms with Gasteiger partial charge in [-0.1, -0.05) is 6.92 Å². The van der Waals surface area contributed by atoms with Crippen LogP contribution in [0, 0.1) is 0 Å². The zero-order chi connectivity index (χ0) is 9.26. The summed E-state index contributed by atoms with van der Waals surface area (Å²) in [5.74, 6) is 0. The van der Waals surface area contributed by atoms with E-state index in [0.717, 1.165) is 6.42 Å². The van der Waals surface area contributed by atoms with E-state index in [4.69, 9.17) is 4.74 Å². The average molecular weight is 197 g/mol. The van der Waals surface area contributed by atoms with Gasteiger partial charge >= 0.3 is 6.09 Å². The van der Waals surface area contributed by atoms with Crippen LogP contribution in [-0.4, -0.2) is 12.7 Å². The van der Waals surface area contributed by atoms with E-state index >= 15 is 0 Å². The van der Waals surface area contributed by atoms with Crippen molar-refractivity contribution in [1.29, 1.82) is 0 Å². The molecule has 0 aliphatic carbocycles. The Balaban J connectivity index is 2.12. The molecule has 0 bridgehead atoms. The third-order valence-electron chi connectivity index (χ3n) is 2.05. The van der Waals surface area contributed by atoms with Gasteiger partial charge in [0, 0.05) is 9.75 Å². The highest BCUT2D eigenvalue weighted by Gasteiger charge is 2.24. The Morgan fingerprint density at radius 1 is 1.69 bits per heavy atom. The van der Waals surface area contributed by atoms with Crippen molar-refractivity contribution in [2.75, 3.05) is 6.61 Å². The van der Waals surface area contributed by atoms with Gasteiger partial charge in [0.15, 0.2) is 0 Å². The van der Waals surface area contributed by atoms with E-state index in [9.17, 15) is 4.79 Å². The summed E-state index contributed by atoms with van der Waals surface area (Å²) < 4.78 is 4.82. The Bertz CT molecular complexity index is 321. The molecule has 1 atom stereocenters. The highest BCUT2D eigenvalue weighted by molar-refractivity contribution is 7.12. The maximum absolute atomic E-state index is 10.8. The molecule has 0 saturated carbocycles. The average Bonchev–Trinajstić information content (AvgIpc) is 2.71. The van der Waals surface area contributed by atoms with Crippen molar-refractivity contribution in [3.8, 4) is 0 Å². The molecule has 1 aliphatic heterocycles. The third kappa shape index (κ3) is 1.67. The fourth-order valence-corrected chi connectivity index (χ4v) is 2.30. The number of cyclic esters (lactones) is 1. The summed E-state index contributed by atoms with van der Waals surface area (Å²) in [7, 11) is 0. The second-order valence-corrected chi connectivity index (χ2v) is 4.15. The number of alkyl carbamates (subject to hydrolysis) is 1. The van der Waals surface area contributed by atoms with Gasteiger partial charge in [0.05, 0.1) is 0 Å². The first-order chi connectivity index (χ1) is 6.29. The molecule has 1 N–H and O–H groups in total. The number of hydrogen-bond donors (Lipinski definition) is 1. The highest BCUT2D eigenvalue weighted by atomic mass is 32.1. The number of ether oxygens (including phenoxy) is 1. The van der Waals surface area contributed by atoms with Crippen LogP contribution < -0.4 is 5.32 Å². The minimum atomic E-state index is -0.309. The summed E-state index contributed by atoms with van der Waals surface area (Å²) in [5.41, 5.74) is 0. The number of hydrogen-bond acceptors (Lipinski definition) is 3. The Labute approximate surface area is 80.7 Å². The Kier molecular flexibility index (Phi) is 2.22. The molecule has 1 aliphatic rings. The number of thiophene rings is 1. The molecule has 1 aromatic heterocycles. The minimum absolute atomic E-state index is 0.0674. The predicted octanol–water partition coefficient (Wildman–Crippen LogP) is 2.09. The van der Waals surface area contributed by atoms with Gasteiger partial charge in [-0.05, 0) is 18.6 Å². The van der Waals surface area contributed by atoms with Crippen LogP contribution in [0.25, 0.3) is 0 Å². The standard InChI is InChI=1S/C9H11NO2S/c1-2-6-3-4-8(13-6)7-5-12-9(11)10-7/h3-4,7H,2,5H2,1H3,(H,10,11)/t7-/m0/s1. The van der Waals surface area contributed by atoms with Crippen molar-refractivity contribution in [2.24, 2.45) is 0 Å². The summed E-state index contributed by atoms with van der Waals surface area (Å²) in [4.78, 5) is 13.3. The molecule has 4 heteroatoms. The Morgan fingerprint density at radius 2 is 2.54 bits per heavy atom. The van der Waals surface area contributed by atoms with Crippen LogP contribution in [0.15, 0.2) is 12.1 Å². The van der Waals surface area contributed by atoms with Gasteiger partial charge in [-0.2, -0.15) is 0 Å². The molecule has 0 radical (unpaired) electrons. The van der Waals surface area contributed by atoms with Gasteiger partial charge in [-0.25, -0.2) is 4.79 Å². The SMILES string of the molecule is CCc1ccc([C@@H]2COC(=O)N2)s1. The van der Waals surface area contributed by atoms with Gasteiger partial charge < -0.3 is 10.1 Å². The fourth-order valence-electron chi connectivity index (χ4n) is 1.31. The van der Waals surface area contributed by atoms with E-state index in [-0.39, 0.29) is 12.1 Å². The van der Waals surface area contributed by atoms with Crippen LogP contribution in [0.4, 0.5) is 4.79 Å². The van der Waals surface area contributed by atoms with Crippen molar-refractivity contribution >= 4 is 17.4 Å². The van der Waals surface area contributed by atoms with Crippen LogP contribution >= 0.6 is 11.3 Å². The third-order valence-corrected chi connectivity index (χ3v) is 3.39. The number of nitrogens with one attached hydrogen (secondary N) is 1. The van der Waals surface area contributed by atoms with Gasteiger partial charge in [-0.15, -0.1) is 11.3 Å². The lowest BCUT2D eigenvalue weighted by atomic mass is 10.2. The van der Waals surface area contributed by atoms with Gasteiger partial charge in [0.25, 0.3) is 0 Å². The topological polar surface area (TPSA) is 38.3 Å². The monoisotopic (exact) mass is 197 g/mol. The quantitative estimate of drug-likeness (QED) is 0.788. The number of carbonyl (C=O) groups is 1. The molecule has 1 amide bonds. The highest BCUT2D eigenvalue weighted by Crippen LogP contribution is 2.26. The Hall–Kier alpha value is -1.03. The van der Waals surface area contributed by atoms with E-state index in [0.29, 0.717) is 6.61 Å². The second-order valence-electron chi connectivity index (χ2n) is 2.95.